The van der Waals surface area contributed by atoms with Crippen LogP contribution in [0.15, 0.2) is 9.33 Å². The normalized spacial score (nSPS) is 12.4. The Bertz CT molecular complexity index is 809. The highest BCUT2D eigenvalue weighted by Crippen LogP contribution is 2.14. The van der Waals surface area contributed by atoms with E-state index in [9.17, 15) is 18.0 Å². The van der Waals surface area contributed by atoms with E-state index in [2.05, 4.69) is 10.1 Å². The molecule has 1 aromatic heterocycles. The van der Waals surface area contributed by atoms with Gasteiger partial charge in [0.1, 0.15) is 0 Å². The maximum Gasteiger partial charge on any atom is 0.437 e. The summed E-state index contributed by atoms with van der Waals surface area (Å²) in [5, 5.41) is 3.88. The molecule has 0 radical (unpaired) electrons. The second-order valence-electron chi connectivity index (χ2n) is 6.70. The van der Waals surface area contributed by atoms with E-state index in [1.807, 2.05) is 20.8 Å². The number of sulfone groups is 1. The Morgan fingerprint density at radius 2 is 1.93 bits per heavy atom. The third-order valence-electron chi connectivity index (χ3n) is 3.36. The van der Waals surface area contributed by atoms with Gasteiger partial charge in [0, 0.05) is 14.1 Å². The van der Waals surface area contributed by atoms with Gasteiger partial charge in [-0.1, -0.05) is 51.4 Å². The van der Waals surface area contributed by atoms with Crippen LogP contribution in [0.3, 0.4) is 0 Å². The first-order chi connectivity index (χ1) is 12.6. The van der Waals surface area contributed by atoms with Crippen molar-refractivity contribution >= 4 is 33.3 Å². The largest absolute Gasteiger partial charge is 0.448 e. The van der Waals surface area contributed by atoms with Crippen LogP contribution in [0, 0.1) is 5.92 Å². The van der Waals surface area contributed by atoms with Gasteiger partial charge < -0.3 is 9.64 Å². The zero-order valence-corrected chi connectivity index (χ0v) is 18.1. The highest BCUT2D eigenvalue weighted by molar-refractivity contribution is 7.93. The van der Waals surface area contributed by atoms with Gasteiger partial charge in [-0.05, 0) is 12.3 Å². The van der Waals surface area contributed by atoms with Crippen LogP contribution in [0.5, 0.6) is 0 Å². The molecule has 0 aromatic carbocycles. The van der Waals surface area contributed by atoms with Gasteiger partial charge in [-0.2, -0.15) is 4.99 Å². The number of hydrogen-bond donors (Lipinski definition) is 0. The molecule has 154 valence electrons. The summed E-state index contributed by atoms with van der Waals surface area (Å²) >= 11 is 0.687. The molecule has 0 aliphatic rings. The number of ether oxygens (including phenoxy) is 1. The minimum Gasteiger partial charge on any atom is -0.448 e. The van der Waals surface area contributed by atoms with Crippen molar-refractivity contribution < 1.29 is 22.7 Å². The molecular weight excluding hydrogens is 392 g/mol. The third kappa shape index (κ3) is 7.41. The lowest BCUT2D eigenvalue weighted by molar-refractivity contribution is 0.130. The van der Waals surface area contributed by atoms with Crippen molar-refractivity contribution in [1.29, 1.82) is 0 Å². The van der Waals surface area contributed by atoms with Gasteiger partial charge in [0.15, 0.2) is 0 Å². The first-order valence-corrected chi connectivity index (χ1v) is 11.3. The zero-order chi connectivity index (χ0) is 20.6. The minimum atomic E-state index is -3.67. The number of carbonyl (C=O) groups is 2. The lowest BCUT2D eigenvalue weighted by Gasteiger charge is -2.07. The Morgan fingerprint density at radius 3 is 2.48 bits per heavy atom. The van der Waals surface area contributed by atoms with E-state index in [0.29, 0.717) is 17.8 Å². The number of aromatic nitrogens is 2. The summed E-state index contributed by atoms with van der Waals surface area (Å²) in [4.78, 5) is 29.0. The van der Waals surface area contributed by atoms with Gasteiger partial charge in [0.2, 0.25) is 19.0 Å². The topological polar surface area (TPSA) is 111 Å². The summed E-state index contributed by atoms with van der Waals surface area (Å²) in [6, 6.07) is -0.629. The minimum absolute atomic E-state index is 0.0668. The Kier molecular flexibility index (Phi) is 9.10. The molecule has 0 saturated carbocycles. The van der Waals surface area contributed by atoms with Crippen molar-refractivity contribution in [2.24, 2.45) is 10.9 Å². The molecular formula is C16H28N4O5S2. The predicted octanol–water partition coefficient (Wildman–Crippen LogP) is 2.52. The van der Waals surface area contributed by atoms with Crippen LogP contribution in [0.25, 0.3) is 0 Å². The van der Waals surface area contributed by atoms with Crippen LogP contribution in [-0.4, -0.2) is 61.7 Å². The van der Waals surface area contributed by atoms with Gasteiger partial charge in [0.05, 0.1) is 12.4 Å². The summed E-state index contributed by atoms with van der Waals surface area (Å²) in [5.41, 5.74) is 0. The van der Waals surface area contributed by atoms with Crippen molar-refractivity contribution in [3.63, 3.8) is 0 Å². The van der Waals surface area contributed by atoms with Crippen LogP contribution in [0.1, 0.15) is 46.5 Å². The molecule has 0 aliphatic heterocycles. The highest BCUT2D eigenvalue weighted by Gasteiger charge is 2.24. The fourth-order valence-corrected chi connectivity index (χ4v) is 4.42. The number of hydrogen-bond acceptors (Lipinski definition) is 7. The molecule has 0 saturated heterocycles. The number of unbranched alkanes of at least 4 members (excludes halogenated alkanes) is 3. The first-order valence-electron chi connectivity index (χ1n) is 8.84. The molecule has 0 aliphatic carbocycles. The van der Waals surface area contributed by atoms with E-state index < -0.39 is 22.0 Å². The van der Waals surface area contributed by atoms with E-state index in [-0.39, 0.29) is 27.4 Å². The molecule has 0 spiro atoms. The Labute approximate surface area is 164 Å². The van der Waals surface area contributed by atoms with Gasteiger partial charge in [-0.25, -0.2) is 18.0 Å². The van der Waals surface area contributed by atoms with E-state index in [1.54, 1.807) is 0 Å². The zero-order valence-electron chi connectivity index (χ0n) is 16.5. The van der Waals surface area contributed by atoms with Gasteiger partial charge >= 0.3 is 12.1 Å². The number of carbonyl (C=O) groups excluding carboxylic acids is 2. The smallest absolute Gasteiger partial charge is 0.437 e. The second kappa shape index (κ2) is 10.5. The van der Waals surface area contributed by atoms with Crippen molar-refractivity contribution in [1.82, 2.24) is 14.7 Å². The van der Waals surface area contributed by atoms with Gasteiger partial charge in [-0.15, -0.1) is 9.78 Å². The van der Waals surface area contributed by atoms with Crippen LogP contribution in [0.4, 0.5) is 9.59 Å². The molecule has 0 bridgehead atoms. The molecule has 0 fully saturated rings. The standard InChI is InChI=1S/C16H28N4O5S2/c1-6-7-8-9-10-27(23,24)15-18-20(16(22)25-11-12(2)3)14(26-15)17-13(21)19(4)5/h12H,6-11H2,1-5H3. The van der Waals surface area contributed by atoms with Crippen molar-refractivity contribution in [3.05, 3.63) is 4.80 Å². The number of urea groups is 1. The Hall–Kier alpha value is -1.75. The van der Waals surface area contributed by atoms with E-state index in [4.69, 9.17) is 4.74 Å². The molecule has 0 N–H and O–H groups in total. The highest BCUT2D eigenvalue weighted by atomic mass is 32.2. The number of rotatable bonds is 8. The van der Waals surface area contributed by atoms with Crippen LogP contribution < -0.4 is 4.80 Å². The van der Waals surface area contributed by atoms with E-state index in [0.717, 1.165) is 23.9 Å². The number of nitrogens with zero attached hydrogens (tertiary/aromatic N) is 4. The molecule has 11 heteroatoms. The van der Waals surface area contributed by atoms with Crippen molar-refractivity contribution in [2.75, 3.05) is 26.5 Å². The molecule has 1 heterocycles. The molecule has 1 rings (SSSR count). The van der Waals surface area contributed by atoms with Crippen LogP contribution in [0.2, 0.25) is 0 Å². The fraction of sp³-hybridized carbons (Fsp3) is 0.750. The lowest BCUT2D eigenvalue weighted by atomic mass is 10.2. The monoisotopic (exact) mass is 420 g/mol. The summed E-state index contributed by atoms with van der Waals surface area (Å²) in [6.45, 7) is 5.91. The molecule has 9 nitrogen and oxygen atoms in total. The summed E-state index contributed by atoms with van der Waals surface area (Å²) in [7, 11) is -0.670. The van der Waals surface area contributed by atoms with E-state index in [1.165, 1.54) is 19.0 Å². The van der Waals surface area contributed by atoms with E-state index >= 15 is 0 Å². The average Bonchev–Trinajstić information content (AvgIpc) is 3.01. The maximum atomic E-state index is 12.5. The van der Waals surface area contributed by atoms with Crippen molar-refractivity contribution in [2.45, 2.75) is 50.8 Å². The van der Waals surface area contributed by atoms with Gasteiger partial charge in [-0.3, -0.25) is 0 Å². The van der Waals surface area contributed by atoms with Crippen LogP contribution in [-0.2, 0) is 14.6 Å². The summed E-state index contributed by atoms with van der Waals surface area (Å²) < 4.78 is 30.6. The van der Waals surface area contributed by atoms with Gasteiger partial charge in [0.25, 0.3) is 0 Å². The Balaban J connectivity index is 3.21. The summed E-state index contributed by atoms with van der Waals surface area (Å²) in [5.74, 6) is 0.0292. The molecule has 1 aromatic rings. The third-order valence-corrected chi connectivity index (χ3v) is 6.52. The average molecular weight is 421 g/mol. The van der Waals surface area contributed by atoms with Crippen LogP contribution >= 0.6 is 11.3 Å². The fourth-order valence-electron chi connectivity index (χ4n) is 1.87. The SMILES string of the molecule is CCCCCCS(=O)(=O)c1nn(C(=O)OCC(C)C)c(=NC(=O)N(C)C)s1. The first kappa shape index (κ1) is 23.3. The Morgan fingerprint density at radius 1 is 1.26 bits per heavy atom. The molecule has 27 heavy (non-hydrogen) atoms. The molecule has 2 amide bonds. The van der Waals surface area contributed by atoms with Crippen molar-refractivity contribution in [3.8, 4) is 0 Å². The molecule has 0 unspecified atom stereocenters. The maximum absolute atomic E-state index is 12.5. The lowest BCUT2D eigenvalue weighted by Crippen LogP contribution is -2.29. The predicted molar refractivity (Wildman–Crippen MR) is 103 cm³/mol. The number of amides is 2. The second-order valence-corrected chi connectivity index (χ2v) is 9.94. The quantitative estimate of drug-likeness (QED) is 0.598. The summed E-state index contributed by atoms with van der Waals surface area (Å²) in [6.07, 6.45) is 2.39. The molecule has 0 atom stereocenters.